The van der Waals surface area contributed by atoms with E-state index in [2.05, 4.69) is 23.5 Å². The zero-order valence-corrected chi connectivity index (χ0v) is 12.1. The van der Waals surface area contributed by atoms with E-state index in [4.69, 9.17) is 0 Å². The summed E-state index contributed by atoms with van der Waals surface area (Å²) in [7, 11) is 0. The summed E-state index contributed by atoms with van der Waals surface area (Å²) in [5.74, 6) is 0.905. The Bertz CT molecular complexity index is 402. The maximum atomic E-state index is 3.77. The Kier molecular flexibility index (Phi) is 4.42. The van der Waals surface area contributed by atoms with Crippen molar-refractivity contribution >= 4 is 5.69 Å². The molecule has 0 aliphatic heterocycles. The van der Waals surface area contributed by atoms with Crippen molar-refractivity contribution in [3.63, 3.8) is 0 Å². The highest BCUT2D eigenvalue weighted by atomic mass is 14.9. The van der Waals surface area contributed by atoms with Crippen molar-refractivity contribution in [2.45, 2.75) is 64.2 Å². The Labute approximate surface area is 117 Å². The summed E-state index contributed by atoms with van der Waals surface area (Å²) >= 11 is 0. The number of hydrogen-bond donors (Lipinski definition) is 1. The average molecular weight is 257 g/mol. The van der Waals surface area contributed by atoms with Crippen molar-refractivity contribution in [1.82, 2.24) is 0 Å². The van der Waals surface area contributed by atoms with Crippen LogP contribution in [0.15, 0.2) is 18.2 Å². The molecule has 0 heterocycles. The molecular weight excluding hydrogens is 230 g/mol. The van der Waals surface area contributed by atoms with E-state index >= 15 is 0 Å². The van der Waals surface area contributed by atoms with E-state index in [1.54, 1.807) is 11.1 Å². The van der Waals surface area contributed by atoms with Gasteiger partial charge in [0.15, 0.2) is 0 Å². The van der Waals surface area contributed by atoms with Gasteiger partial charge in [-0.25, -0.2) is 0 Å². The molecule has 0 aromatic heterocycles. The Hall–Kier alpha value is -0.980. The van der Waals surface area contributed by atoms with E-state index in [1.165, 1.54) is 76.4 Å². The van der Waals surface area contributed by atoms with Gasteiger partial charge in [-0.05, 0) is 61.6 Å². The van der Waals surface area contributed by atoms with Crippen molar-refractivity contribution in [3.05, 3.63) is 29.3 Å². The number of hydrogen-bond acceptors (Lipinski definition) is 1. The molecule has 0 bridgehead atoms. The van der Waals surface area contributed by atoms with Crippen LogP contribution in [-0.4, -0.2) is 6.54 Å². The first-order valence-corrected chi connectivity index (χ1v) is 8.28. The molecule has 19 heavy (non-hydrogen) atoms. The first kappa shape index (κ1) is 13.0. The Balaban J connectivity index is 1.63. The number of rotatable bonds is 3. The van der Waals surface area contributed by atoms with Crippen LogP contribution in [0.2, 0.25) is 0 Å². The first-order valence-electron chi connectivity index (χ1n) is 8.28. The van der Waals surface area contributed by atoms with Crippen molar-refractivity contribution in [2.24, 2.45) is 5.92 Å². The molecule has 1 heteroatoms. The number of benzene rings is 1. The highest BCUT2D eigenvalue weighted by molar-refractivity contribution is 5.55. The van der Waals surface area contributed by atoms with Crippen LogP contribution in [0.5, 0.6) is 0 Å². The van der Waals surface area contributed by atoms with E-state index in [1.807, 2.05) is 0 Å². The molecule has 0 unspecified atom stereocenters. The van der Waals surface area contributed by atoms with Gasteiger partial charge in [-0.2, -0.15) is 0 Å². The summed E-state index contributed by atoms with van der Waals surface area (Å²) < 4.78 is 0. The van der Waals surface area contributed by atoms with Crippen LogP contribution in [0.4, 0.5) is 5.69 Å². The third-order valence-electron chi connectivity index (χ3n) is 4.95. The number of fused-ring (bicyclic) bond motifs is 1. The molecule has 0 spiro atoms. The third kappa shape index (κ3) is 3.32. The molecule has 1 N–H and O–H groups in total. The predicted molar refractivity (Wildman–Crippen MR) is 82.8 cm³/mol. The van der Waals surface area contributed by atoms with Gasteiger partial charge in [-0.1, -0.05) is 37.8 Å². The molecular formula is C18H27N. The average Bonchev–Trinajstić information content (AvgIpc) is 2.74. The van der Waals surface area contributed by atoms with Gasteiger partial charge in [-0.3, -0.25) is 0 Å². The van der Waals surface area contributed by atoms with Crippen molar-refractivity contribution < 1.29 is 0 Å². The molecule has 1 aromatic carbocycles. The van der Waals surface area contributed by atoms with Gasteiger partial charge in [0.2, 0.25) is 0 Å². The molecule has 0 amide bonds. The summed E-state index contributed by atoms with van der Waals surface area (Å²) in [5, 5.41) is 3.77. The van der Waals surface area contributed by atoms with Crippen molar-refractivity contribution in [3.8, 4) is 0 Å². The fraction of sp³-hybridized carbons (Fsp3) is 0.667. The topological polar surface area (TPSA) is 12.0 Å². The van der Waals surface area contributed by atoms with E-state index in [9.17, 15) is 0 Å². The smallest absolute Gasteiger partial charge is 0.0375 e. The molecule has 1 aromatic rings. The lowest BCUT2D eigenvalue weighted by Crippen LogP contribution is -2.16. The van der Waals surface area contributed by atoms with Gasteiger partial charge in [0.05, 0.1) is 0 Å². The van der Waals surface area contributed by atoms with Crippen LogP contribution >= 0.6 is 0 Å². The molecule has 3 rings (SSSR count). The van der Waals surface area contributed by atoms with Gasteiger partial charge in [-0.15, -0.1) is 0 Å². The third-order valence-corrected chi connectivity index (χ3v) is 4.95. The zero-order valence-electron chi connectivity index (χ0n) is 12.1. The summed E-state index contributed by atoms with van der Waals surface area (Å²) in [5.41, 5.74) is 4.64. The number of anilines is 1. The highest BCUT2D eigenvalue weighted by Crippen LogP contribution is 2.29. The largest absolute Gasteiger partial charge is 0.385 e. The van der Waals surface area contributed by atoms with Gasteiger partial charge in [0.1, 0.15) is 0 Å². The summed E-state index contributed by atoms with van der Waals surface area (Å²) in [6.45, 7) is 1.19. The van der Waals surface area contributed by atoms with E-state index < -0.39 is 0 Å². The maximum absolute atomic E-state index is 3.77. The molecule has 1 saturated carbocycles. The second-order valence-electron chi connectivity index (χ2n) is 6.39. The monoisotopic (exact) mass is 257 g/mol. The predicted octanol–water partition coefficient (Wildman–Crippen LogP) is 4.95. The molecule has 0 atom stereocenters. The maximum Gasteiger partial charge on any atom is 0.0375 e. The first-order chi connectivity index (χ1) is 9.43. The molecule has 1 nitrogen and oxygen atoms in total. The number of nitrogens with one attached hydrogen (secondary N) is 1. The van der Waals surface area contributed by atoms with Crippen molar-refractivity contribution in [1.29, 1.82) is 0 Å². The van der Waals surface area contributed by atoms with Crippen LogP contribution < -0.4 is 5.32 Å². The van der Waals surface area contributed by atoms with Crippen molar-refractivity contribution in [2.75, 3.05) is 11.9 Å². The Morgan fingerprint density at radius 1 is 0.895 bits per heavy atom. The van der Waals surface area contributed by atoms with E-state index in [0.29, 0.717) is 0 Å². The lowest BCUT2D eigenvalue weighted by atomic mass is 9.90. The molecule has 2 aliphatic carbocycles. The quantitative estimate of drug-likeness (QED) is 0.756. The minimum Gasteiger partial charge on any atom is -0.385 e. The minimum absolute atomic E-state index is 0.905. The van der Waals surface area contributed by atoms with Gasteiger partial charge in [0.25, 0.3) is 0 Å². The van der Waals surface area contributed by atoms with Crippen LogP contribution in [0.1, 0.15) is 62.5 Å². The zero-order chi connectivity index (χ0) is 12.9. The molecule has 1 fully saturated rings. The van der Waals surface area contributed by atoms with Crippen LogP contribution in [0, 0.1) is 5.92 Å². The summed E-state index contributed by atoms with van der Waals surface area (Å²) in [6, 6.07) is 6.85. The minimum atomic E-state index is 0.905. The lowest BCUT2D eigenvalue weighted by Gasteiger charge is -2.22. The second-order valence-corrected chi connectivity index (χ2v) is 6.39. The van der Waals surface area contributed by atoms with Gasteiger partial charge in [0, 0.05) is 12.2 Å². The van der Waals surface area contributed by atoms with Crippen LogP contribution in [0.25, 0.3) is 0 Å². The lowest BCUT2D eigenvalue weighted by molar-refractivity contribution is 0.483. The van der Waals surface area contributed by atoms with Crippen LogP contribution in [0.3, 0.4) is 0 Å². The molecule has 0 saturated heterocycles. The Morgan fingerprint density at radius 2 is 1.68 bits per heavy atom. The molecule has 2 aliphatic rings. The number of aryl methyl sites for hydroxylation is 1. The fourth-order valence-corrected chi connectivity index (χ4v) is 3.77. The van der Waals surface area contributed by atoms with Crippen LogP contribution in [-0.2, 0) is 12.8 Å². The molecule has 0 radical (unpaired) electrons. The SMILES string of the molecule is c1cc2c(c(NCC3CCCCCC3)c1)CCCC2. The second kappa shape index (κ2) is 6.45. The van der Waals surface area contributed by atoms with Gasteiger partial charge < -0.3 is 5.32 Å². The Morgan fingerprint density at radius 3 is 2.53 bits per heavy atom. The highest BCUT2D eigenvalue weighted by Gasteiger charge is 2.15. The molecule has 104 valence electrons. The fourth-order valence-electron chi connectivity index (χ4n) is 3.77. The van der Waals surface area contributed by atoms with E-state index in [0.717, 1.165) is 5.92 Å². The summed E-state index contributed by atoms with van der Waals surface area (Å²) in [4.78, 5) is 0. The normalized spacial score (nSPS) is 20.6. The van der Waals surface area contributed by atoms with Gasteiger partial charge >= 0.3 is 0 Å². The van der Waals surface area contributed by atoms with E-state index in [-0.39, 0.29) is 0 Å². The summed E-state index contributed by atoms with van der Waals surface area (Å²) in [6.07, 6.45) is 14.0. The standard InChI is InChI=1S/C18H27N/c1-2-4-9-15(8-3-1)14-19-18-13-7-11-16-10-5-6-12-17(16)18/h7,11,13,15,19H,1-6,8-10,12,14H2.